The van der Waals surface area contributed by atoms with E-state index >= 15 is 0 Å². The van der Waals surface area contributed by atoms with Crippen LogP contribution in [0, 0.1) is 11.8 Å². The molecule has 5 atom stereocenters. The summed E-state index contributed by atoms with van der Waals surface area (Å²) in [5, 5.41) is 16.6. The third-order valence-corrected chi connectivity index (χ3v) is 6.81. The molecule has 3 aromatic rings. The molecule has 1 aromatic carbocycles. The highest BCUT2D eigenvalue weighted by molar-refractivity contribution is 5.83. The molecule has 0 spiro atoms. The van der Waals surface area contributed by atoms with Crippen molar-refractivity contribution >= 4 is 5.91 Å². The topological polar surface area (TPSA) is 96.3 Å². The SMILES string of the molecule is C[C@@H](NC(=O)[C@H]1N[C@H]2c3ccc(-c4cccnc4)c(=O)n3C[C@H]2[C@@H]1CO)c1ccccc1. The number of fused-ring (bicyclic) bond motifs is 3. The van der Waals surface area contributed by atoms with Gasteiger partial charge in [-0.2, -0.15) is 0 Å². The minimum atomic E-state index is -0.511. The van der Waals surface area contributed by atoms with Crippen LogP contribution in [0.15, 0.2) is 71.8 Å². The van der Waals surface area contributed by atoms with Crippen LogP contribution in [0.1, 0.15) is 30.3 Å². The Labute approximate surface area is 186 Å². The molecule has 1 saturated heterocycles. The average Bonchev–Trinajstić information content (AvgIpc) is 3.37. The highest BCUT2D eigenvalue weighted by Crippen LogP contribution is 2.42. The van der Waals surface area contributed by atoms with E-state index in [2.05, 4.69) is 15.6 Å². The van der Waals surface area contributed by atoms with Gasteiger partial charge in [-0.15, -0.1) is 0 Å². The lowest BCUT2D eigenvalue weighted by molar-refractivity contribution is -0.125. The first-order chi connectivity index (χ1) is 15.6. The number of carbonyl (C=O) groups is 1. The molecule has 5 rings (SSSR count). The van der Waals surface area contributed by atoms with Gasteiger partial charge in [-0.1, -0.05) is 36.4 Å². The van der Waals surface area contributed by atoms with Crippen LogP contribution in [0.5, 0.6) is 0 Å². The molecular formula is C25H26N4O3. The lowest BCUT2D eigenvalue weighted by atomic mass is 9.88. The number of amides is 1. The Hall–Kier alpha value is -3.29. The van der Waals surface area contributed by atoms with Gasteiger partial charge >= 0.3 is 0 Å². The van der Waals surface area contributed by atoms with Gasteiger partial charge in [-0.05, 0) is 30.7 Å². The molecule has 7 nitrogen and oxygen atoms in total. The zero-order chi connectivity index (χ0) is 22.2. The van der Waals surface area contributed by atoms with E-state index in [-0.39, 0.29) is 42.0 Å². The molecule has 1 fully saturated rings. The Morgan fingerprint density at radius 3 is 2.75 bits per heavy atom. The number of aliphatic hydroxyl groups is 1. The molecule has 0 radical (unpaired) electrons. The second-order valence-electron chi connectivity index (χ2n) is 8.60. The van der Waals surface area contributed by atoms with Crippen molar-refractivity contribution in [3.05, 3.63) is 88.6 Å². The Morgan fingerprint density at radius 1 is 1.22 bits per heavy atom. The smallest absolute Gasteiger partial charge is 0.258 e. The van der Waals surface area contributed by atoms with Crippen LogP contribution < -0.4 is 16.2 Å². The first-order valence-corrected chi connectivity index (χ1v) is 10.9. The van der Waals surface area contributed by atoms with Gasteiger partial charge in [0.05, 0.1) is 18.1 Å². The summed E-state index contributed by atoms with van der Waals surface area (Å²) in [6.07, 6.45) is 3.36. The standard InChI is InChI=1S/C25H26N4O3/c1-15(16-6-3-2-4-7-16)27-24(31)23-20(14-30)19-13-29-21(22(19)28-23)10-9-18(25(29)32)17-8-5-11-26-12-17/h2-12,15,19-20,22-23,28,30H,13-14H2,1H3,(H,27,31)/t15-,19+,20+,22-,23+/m1/s1. The van der Waals surface area contributed by atoms with Crippen LogP contribution in [0.25, 0.3) is 11.1 Å². The fraction of sp³-hybridized carbons (Fsp3) is 0.320. The van der Waals surface area contributed by atoms with E-state index in [1.54, 1.807) is 17.0 Å². The summed E-state index contributed by atoms with van der Waals surface area (Å²) >= 11 is 0. The number of pyridine rings is 2. The fourth-order valence-electron chi connectivity index (χ4n) is 5.12. The maximum Gasteiger partial charge on any atom is 0.258 e. The minimum Gasteiger partial charge on any atom is -0.396 e. The van der Waals surface area contributed by atoms with Crippen molar-refractivity contribution in [1.82, 2.24) is 20.2 Å². The number of aromatic nitrogens is 2. The van der Waals surface area contributed by atoms with Gasteiger partial charge < -0.3 is 15.0 Å². The van der Waals surface area contributed by atoms with E-state index in [0.717, 1.165) is 16.8 Å². The van der Waals surface area contributed by atoms with Crippen molar-refractivity contribution in [2.45, 2.75) is 31.6 Å². The lowest BCUT2D eigenvalue weighted by Gasteiger charge is -2.23. The zero-order valence-corrected chi connectivity index (χ0v) is 17.8. The second-order valence-corrected chi connectivity index (χ2v) is 8.60. The maximum atomic E-state index is 13.2. The zero-order valence-electron chi connectivity index (χ0n) is 17.8. The highest BCUT2D eigenvalue weighted by Gasteiger charge is 2.50. The molecule has 32 heavy (non-hydrogen) atoms. The number of aliphatic hydroxyl groups excluding tert-OH is 1. The van der Waals surface area contributed by atoms with Crippen LogP contribution in [0.3, 0.4) is 0 Å². The summed E-state index contributed by atoms with van der Waals surface area (Å²) in [4.78, 5) is 30.4. The Kier molecular flexibility index (Phi) is 5.36. The molecule has 1 amide bonds. The van der Waals surface area contributed by atoms with Crippen LogP contribution in [0.2, 0.25) is 0 Å². The van der Waals surface area contributed by atoms with E-state index < -0.39 is 6.04 Å². The molecule has 2 aromatic heterocycles. The summed E-state index contributed by atoms with van der Waals surface area (Å²) in [7, 11) is 0. The van der Waals surface area contributed by atoms with Crippen molar-refractivity contribution < 1.29 is 9.90 Å². The molecule has 2 aliphatic heterocycles. The largest absolute Gasteiger partial charge is 0.396 e. The van der Waals surface area contributed by atoms with Crippen molar-refractivity contribution in [3.8, 4) is 11.1 Å². The quantitative estimate of drug-likeness (QED) is 0.576. The van der Waals surface area contributed by atoms with Gasteiger partial charge in [0.2, 0.25) is 5.91 Å². The molecule has 7 heteroatoms. The Balaban J connectivity index is 1.38. The predicted molar refractivity (Wildman–Crippen MR) is 121 cm³/mol. The molecule has 2 aliphatic rings. The summed E-state index contributed by atoms with van der Waals surface area (Å²) in [5.41, 5.74) is 3.20. The summed E-state index contributed by atoms with van der Waals surface area (Å²) in [5.74, 6) is -0.431. The van der Waals surface area contributed by atoms with Crippen molar-refractivity contribution in [2.75, 3.05) is 6.61 Å². The summed E-state index contributed by atoms with van der Waals surface area (Å²) in [6, 6.07) is 16.5. The van der Waals surface area contributed by atoms with Crippen LogP contribution in [0.4, 0.5) is 0 Å². The normalized spacial score (nSPS) is 24.6. The predicted octanol–water partition coefficient (Wildman–Crippen LogP) is 2.04. The van der Waals surface area contributed by atoms with Gasteiger partial charge in [-0.3, -0.25) is 19.9 Å². The van der Waals surface area contributed by atoms with Crippen molar-refractivity contribution in [1.29, 1.82) is 0 Å². The van der Waals surface area contributed by atoms with Gasteiger partial charge in [0.15, 0.2) is 0 Å². The van der Waals surface area contributed by atoms with E-state index in [1.807, 2.05) is 61.5 Å². The molecule has 0 aliphatic carbocycles. The number of carbonyl (C=O) groups excluding carboxylic acids is 1. The first-order valence-electron chi connectivity index (χ1n) is 10.9. The lowest BCUT2D eigenvalue weighted by Crippen LogP contribution is -2.46. The third kappa shape index (κ3) is 3.43. The van der Waals surface area contributed by atoms with Gasteiger partial charge in [-0.25, -0.2) is 0 Å². The Morgan fingerprint density at radius 2 is 2.03 bits per heavy atom. The summed E-state index contributed by atoms with van der Waals surface area (Å²) < 4.78 is 1.77. The van der Waals surface area contributed by atoms with E-state index in [0.29, 0.717) is 12.1 Å². The number of nitrogens with zero attached hydrogens (tertiary/aromatic N) is 2. The highest BCUT2D eigenvalue weighted by atomic mass is 16.3. The Bertz CT molecular complexity index is 1180. The van der Waals surface area contributed by atoms with Crippen molar-refractivity contribution in [2.24, 2.45) is 11.8 Å². The fourth-order valence-corrected chi connectivity index (χ4v) is 5.12. The average molecular weight is 431 g/mol. The van der Waals surface area contributed by atoms with Gasteiger partial charge in [0.25, 0.3) is 5.56 Å². The molecular weight excluding hydrogens is 404 g/mol. The van der Waals surface area contributed by atoms with Gasteiger partial charge in [0, 0.05) is 54.2 Å². The molecule has 3 N–H and O–H groups in total. The molecule has 0 saturated carbocycles. The van der Waals surface area contributed by atoms with Crippen LogP contribution in [-0.2, 0) is 11.3 Å². The maximum absolute atomic E-state index is 13.2. The number of benzene rings is 1. The second kappa shape index (κ2) is 8.33. The van der Waals surface area contributed by atoms with E-state index in [9.17, 15) is 14.7 Å². The number of nitrogens with one attached hydrogen (secondary N) is 2. The number of hydrogen-bond acceptors (Lipinski definition) is 5. The number of rotatable bonds is 5. The van der Waals surface area contributed by atoms with Gasteiger partial charge in [0.1, 0.15) is 0 Å². The molecule has 0 bridgehead atoms. The van der Waals surface area contributed by atoms with E-state index in [4.69, 9.17) is 0 Å². The van der Waals surface area contributed by atoms with E-state index in [1.165, 1.54) is 0 Å². The minimum absolute atomic E-state index is 0.0281. The first kappa shape index (κ1) is 20.6. The van der Waals surface area contributed by atoms with Crippen LogP contribution in [-0.4, -0.2) is 33.2 Å². The van der Waals surface area contributed by atoms with Crippen molar-refractivity contribution in [3.63, 3.8) is 0 Å². The molecule has 4 heterocycles. The molecule has 0 unspecified atom stereocenters. The van der Waals surface area contributed by atoms with Crippen LogP contribution >= 0.6 is 0 Å². The molecule has 164 valence electrons. The summed E-state index contributed by atoms with van der Waals surface area (Å²) in [6.45, 7) is 2.30. The third-order valence-electron chi connectivity index (χ3n) is 6.81. The number of hydrogen-bond donors (Lipinski definition) is 3. The monoisotopic (exact) mass is 430 g/mol.